The maximum absolute atomic E-state index is 12.1. The van der Waals surface area contributed by atoms with Gasteiger partial charge >= 0.3 is 10.1 Å². The maximum Gasteiger partial charge on any atom is 0.358 e. The van der Waals surface area contributed by atoms with Crippen molar-refractivity contribution in [3.05, 3.63) is 52.4 Å². The molecule has 0 amide bonds. The van der Waals surface area contributed by atoms with Gasteiger partial charge in [-0.2, -0.15) is 8.42 Å². The predicted octanol–water partition coefficient (Wildman–Crippen LogP) is 3.49. The van der Waals surface area contributed by atoms with Gasteiger partial charge in [-0.05, 0) is 43.2 Å². The summed E-state index contributed by atoms with van der Waals surface area (Å²) in [6.07, 6.45) is 3.94. The van der Waals surface area contributed by atoms with Crippen LogP contribution in [-0.4, -0.2) is 14.1 Å². The van der Waals surface area contributed by atoms with Crippen molar-refractivity contribution in [1.29, 1.82) is 0 Å². The molecule has 0 radical (unpaired) electrons. The van der Waals surface area contributed by atoms with E-state index in [9.17, 15) is 8.42 Å². The Morgan fingerprint density at radius 3 is 2.67 bits per heavy atom. The van der Waals surface area contributed by atoms with E-state index in [0.717, 1.165) is 28.6 Å². The highest BCUT2D eigenvalue weighted by molar-refractivity contribution is 9.10. The third kappa shape index (κ3) is 3.03. The van der Waals surface area contributed by atoms with Crippen molar-refractivity contribution in [1.82, 2.24) is 0 Å². The first-order valence-corrected chi connectivity index (χ1v) is 8.59. The van der Waals surface area contributed by atoms with Crippen LogP contribution in [0.4, 0.5) is 0 Å². The second-order valence-electron chi connectivity index (χ2n) is 4.63. The number of hydrogen-bond acceptors (Lipinski definition) is 5. The van der Waals surface area contributed by atoms with Crippen LogP contribution in [0.2, 0.25) is 0 Å². The largest absolute Gasteiger partial charge is 0.469 e. The van der Waals surface area contributed by atoms with Crippen LogP contribution in [-0.2, 0) is 20.8 Å². The first kappa shape index (κ1) is 14.3. The molecule has 1 aromatic carbocycles. The van der Waals surface area contributed by atoms with E-state index < -0.39 is 10.1 Å². The topological polar surface area (TPSA) is 68.9 Å². The fraction of sp³-hybridized carbons (Fsp3) is 0.214. The summed E-state index contributed by atoms with van der Waals surface area (Å²) in [6, 6.07) is 7.98. The van der Waals surface area contributed by atoms with E-state index in [1.54, 1.807) is 24.5 Å². The molecule has 1 aliphatic rings. The minimum atomic E-state index is -3.90. The Morgan fingerprint density at radius 2 is 1.90 bits per heavy atom. The fourth-order valence-corrected chi connectivity index (χ4v) is 3.18. The molecule has 1 heterocycles. The molecule has 1 aliphatic carbocycles. The Hall–Kier alpha value is -1.60. The second-order valence-corrected chi connectivity index (χ2v) is 7.08. The van der Waals surface area contributed by atoms with Crippen molar-refractivity contribution in [3.63, 3.8) is 0 Å². The summed E-state index contributed by atoms with van der Waals surface area (Å²) < 4.78 is 35.1. The molecule has 0 atom stereocenters. The van der Waals surface area contributed by atoms with Crippen molar-refractivity contribution < 1.29 is 17.1 Å². The van der Waals surface area contributed by atoms with Crippen molar-refractivity contribution >= 4 is 31.8 Å². The number of rotatable bonds is 3. The van der Waals surface area contributed by atoms with Gasteiger partial charge in [0.15, 0.2) is 0 Å². The number of benzene rings is 1. The molecule has 0 saturated carbocycles. The van der Waals surface area contributed by atoms with E-state index in [4.69, 9.17) is 8.70 Å². The molecule has 0 saturated heterocycles. The summed E-state index contributed by atoms with van der Waals surface area (Å²) in [6.45, 7) is 0. The number of nitrogens with zero attached hydrogens (tertiary/aromatic N) is 1. The molecule has 0 aliphatic heterocycles. The number of furan rings is 1. The van der Waals surface area contributed by atoms with Crippen molar-refractivity contribution in [2.24, 2.45) is 5.16 Å². The zero-order chi connectivity index (χ0) is 14.9. The lowest BCUT2D eigenvalue weighted by molar-refractivity contribution is 0.337. The van der Waals surface area contributed by atoms with Crippen molar-refractivity contribution in [2.45, 2.75) is 24.2 Å². The molecule has 110 valence electrons. The summed E-state index contributed by atoms with van der Waals surface area (Å²) in [5.41, 5.74) is 1.43. The lowest BCUT2D eigenvalue weighted by atomic mass is 9.97. The summed E-state index contributed by atoms with van der Waals surface area (Å²) in [7, 11) is -3.90. The molecule has 0 N–H and O–H groups in total. The number of oxime groups is 1. The van der Waals surface area contributed by atoms with Crippen LogP contribution < -0.4 is 0 Å². The van der Waals surface area contributed by atoms with Crippen molar-refractivity contribution in [3.8, 4) is 0 Å². The zero-order valence-electron chi connectivity index (χ0n) is 11.0. The number of aryl methyl sites for hydroxylation is 1. The fourth-order valence-electron chi connectivity index (χ4n) is 2.18. The quantitative estimate of drug-likeness (QED) is 0.776. The van der Waals surface area contributed by atoms with Gasteiger partial charge in [-0.3, -0.25) is 4.28 Å². The second kappa shape index (κ2) is 5.65. The first-order valence-electron chi connectivity index (χ1n) is 6.39. The van der Waals surface area contributed by atoms with Crippen LogP contribution in [0.15, 0.2) is 55.5 Å². The Kier molecular flexibility index (Phi) is 3.86. The summed E-state index contributed by atoms with van der Waals surface area (Å²) in [4.78, 5) is 0.0678. The molecule has 0 bridgehead atoms. The molecule has 3 rings (SSSR count). The highest BCUT2D eigenvalue weighted by Crippen LogP contribution is 2.24. The van der Waals surface area contributed by atoms with Gasteiger partial charge < -0.3 is 4.42 Å². The molecule has 7 heteroatoms. The minimum Gasteiger partial charge on any atom is -0.469 e. The average molecular weight is 370 g/mol. The van der Waals surface area contributed by atoms with Gasteiger partial charge in [-0.25, -0.2) is 0 Å². The summed E-state index contributed by atoms with van der Waals surface area (Å²) >= 11 is 3.25. The van der Waals surface area contributed by atoms with Crippen LogP contribution in [0.1, 0.15) is 24.2 Å². The molecule has 0 fully saturated rings. The summed E-state index contributed by atoms with van der Waals surface area (Å²) in [5, 5.41) is 3.82. The van der Waals surface area contributed by atoms with Gasteiger partial charge in [0.2, 0.25) is 0 Å². The third-order valence-electron chi connectivity index (χ3n) is 3.22. The van der Waals surface area contributed by atoms with Gasteiger partial charge in [-0.1, -0.05) is 21.1 Å². The minimum absolute atomic E-state index is 0.0678. The predicted molar refractivity (Wildman–Crippen MR) is 80.6 cm³/mol. The Balaban J connectivity index is 1.85. The van der Waals surface area contributed by atoms with Gasteiger partial charge in [0, 0.05) is 16.5 Å². The molecule has 1 aromatic heterocycles. The Morgan fingerprint density at radius 1 is 1.14 bits per heavy atom. The highest BCUT2D eigenvalue weighted by Gasteiger charge is 2.21. The van der Waals surface area contributed by atoms with Crippen LogP contribution >= 0.6 is 15.9 Å². The third-order valence-corrected chi connectivity index (χ3v) is 4.87. The normalized spacial score (nSPS) is 16.7. The van der Waals surface area contributed by atoms with Gasteiger partial charge in [0.05, 0.1) is 12.0 Å². The van der Waals surface area contributed by atoms with Gasteiger partial charge in [-0.15, -0.1) is 0 Å². The Bertz CT molecular complexity index is 778. The lowest BCUT2D eigenvalue weighted by Gasteiger charge is -2.11. The molecule has 0 spiro atoms. The van der Waals surface area contributed by atoms with E-state index in [0.29, 0.717) is 12.1 Å². The van der Waals surface area contributed by atoms with E-state index in [1.807, 2.05) is 0 Å². The van der Waals surface area contributed by atoms with E-state index in [-0.39, 0.29) is 4.90 Å². The van der Waals surface area contributed by atoms with Crippen LogP contribution in [0.25, 0.3) is 0 Å². The number of fused-ring (bicyclic) bond motifs is 1. The van der Waals surface area contributed by atoms with Crippen molar-refractivity contribution in [2.75, 3.05) is 0 Å². The number of hydrogen-bond donors (Lipinski definition) is 0. The SMILES string of the molecule is O=S(=O)(O/N=C1\CCCc2occc21)c1ccc(Br)cc1. The highest BCUT2D eigenvalue weighted by atomic mass is 79.9. The van der Waals surface area contributed by atoms with E-state index in [2.05, 4.69) is 21.1 Å². The van der Waals surface area contributed by atoms with Crippen LogP contribution in [0.5, 0.6) is 0 Å². The maximum atomic E-state index is 12.1. The number of halogens is 1. The lowest BCUT2D eigenvalue weighted by Crippen LogP contribution is -2.12. The van der Waals surface area contributed by atoms with Gasteiger partial charge in [0.1, 0.15) is 10.7 Å². The molecular weight excluding hydrogens is 358 g/mol. The Labute approximate surface area is 130 Å². The van der Waals surface area contributed by atoms with Crippen LogP contribution in [0, 0.1) is 0 Å². The van der Waals surface area contributed by atoms with Gasteiger partial charge in [0.25, 0.3) is 0 Å². The molecule has 2 aromatic rings. The zero-order valence-corrected chi connectivity index (χ0v) is 13.4. The monoisotopic (exact) mass is 369 g/mol. The molecule has 0 unspecified atom stereocenters. The summed E-state index contributed by atoms with van der Waals surface area (Å²) in [5.74, 6) is 0.824. The van der Waals surface area contributed by atoms with E-state index in [1.165, 1.54) is 12.1 Å². The standard InChI is InChI=1S/C14H12BrNO4S/c15-10-4-6-11(7-5-10)21(17,18)20-16-13-2-1-3-14-12(13)8-9-19-14/h4-9H,1-3H2/b16-13+. The molecule has 5 nitrogen and oxygen atoms in total. The molecular formula is C14H12BrNO4S. The first-order chi connectivity index (χ1) is 10.1. The van der Waals surface area contributed by atoms with Crippen LogP contribution in [0.3, 0.4) is 0 Å². The van der Waals surface area contributed by atoms with E-state index >= 15 is 0 Å². The smallest absolute Gasteiger partial charge is 0.358 e. The average Bonchev–Trinajstić information content (AvgIpc) is 2.94. The molecule has 21 heavy (non-hydrogen) atoms.